The fourth-order valence-corrected chi connectivity index (χ4v) is 9.27. The van der Waals surface area contributed by atoms with E-state index in [1.54, 1.807) is 61.5 Å². The summed E-state index contributed by atoms with van der Waals surface area (Å²) in [6.45, 7) is 9.02. The Morgan fingerprint density at radius 1 is 0.625 bits per heavy atom. The lowest BCUT2D eigenvalue weighted by molar-refractivity contribution is -0.138. The minimum atomic E-state index is -4.41. The summed E-state index contributed by atoms with van der Waals surface area (Å²) >= 11 is 6.10. The Labute approximate surface area is 420 Å². The zero-order valence-corrected chi connectivity index (χ0v) is 39.7. The molecule has 388 valence electrons. The molecular weight excluding hydrogens is 1010 g/mol. The van der Waals surface area contributed by atoms with E-state index in [1.165, 1.54) is 18.2 Å². The first-order valence-electron chi connectivity index (χ1n) is 20.7. The highest BCUT2D eigenvalue weighted by Crippen LogP contribution is 2.34. The number of benzene rings is 6. The zero-order valence-electron chi connectivity index (χ0n) is 37.3. The maximum atomic E-state index is 12.9. The van der Waals surface area contributed by atoms with Gasteiger partial charge in [0.15, 0.2) is 6.10 Å². The molecule has 72 heavy (non-hydrogen) atoms. The van der Waals surface area contributed by atoms with Crippen molar-refractivity contribution < 1.29 is 53.0 Å². The lowest BCUT2D eigenvalue weighted by Crippen LogP contribution is -2.40. The molecule has 8 aromatic rings. The molecule has 2 unspecified atom stereocenters. The van der Waals surface area contributed by atoms with Crippen molar-refractivity contribution in [3.05, 3.63) is 156 Å². The van der Waals surface area contributed by atoms with Crippen molar-refractivity contribution in [2.45, 2.75) is 96.1 Å². The number of hydrogen-bond donors (Lipinski definition) is 5. The number of alkyl halides is 7. The molecule has 6 N–H and O–H groups in total. The van der Waals surface area contributed by atoms with E-state index in [4.69, 9.17) is 26.6 Å². The van der Waals surface area contributed by atoms with Gasteiger partial charge in [-0.05, 0) is 131 Å². The maximum Gasteiger partial charge on any atom is 0.416 e. The number of rotatable bonds is 9. The van der Waals surface area contributed by atoms with Crippen LogP contribution >= 0.6 is 11.6 Å². The van der Waals surface area contributed by atoms with Crippen molar-refractivity contribution >= 4 is 53.7 Å². The van der Waals surface area contributed by atoms with Crippen LogP contribution < -0.4 is 14.6 Å². The Balaban J connectivity index is 0.000000308. The van der Waals surface area contributed by atoms with Crippen LogP contribution in [0.3, 0.4) is 0 Å². The number of imidazole rings is 2. The summed E-state index contributed by atoms with van der Waals surface area (Å²) < 4.78 is 132. The third kappa shape index (κ3) is 15.3. The second-order valence-electron chi connectivity index (χ2n) is 16.5. The molecule has 0 bridgehead atoms. The quantitative estimate of drug-likeness (QED) is 0.0696. The van der Waals surface area contributed by atoms with E-state index in [2.05, 4.69) is 24.7 Å². The van der Waals surface area contributed by atoms with E-state index >= 15 is 0 Å². The van der Waals surface area contributed by atoms with Crippen LogP contribution in [0, 0.1) is 0 Å². The van der Waals surface area contributed by atoms with E-state index < -0.39 is 55.2 Å². The van der Waals surface area contributed by atoms with Crippen LogP contribution in [0.15, 0.2) is 143 Å². The summed E-state index contributed by atoms with van der Waals surface area (Å²) in [5, 5.41) is 13.8. The van der Waals surface area contributed by atoms with E-state index in [-0.39, 0.29) is 48.9 Å². The smallest absolute Gasteiger partial charge is 0.416 e. The van der Waals surface area contributed by atoms with E-state index in [1.807, 2.05) is 52.0 Å². The van der Waals surface area contributed by atoms with Crippen molar-refractivity contribution in [1.29, 1.82) is 0 Å². The first kappa shape index (κ1) is 59.9. The molecule has 12 nitrogen and oxygen atoms in total. The average Bonchev–Trinajstić information content (AvgIpc) is 3.90. The summed E-state index contributed by atoms with van der Waals surface area (Å²) in [4.78, 5) is 15.5. The normalized spacial score (nSPS) is 12.7. The molecule has 0 spiro atoms. The molecule has 2 atom stereocenters. The molecule has 21 heteroatoms. The van der Waals surface area contributed by atoms with Crippen LogP contribution in [0.1, 0.15) is 91.2 Å². The lowest BCUT2D eigenvalue weighted by Gasteiger charge is -2.21. The fourth-order valence-electron chi connectivity index (χ4n) is 6.76. The Morgan fingerprint density at radius 3 is 1.49 bits per heavy atom. The number of aromatic hydroxyl groups is 1. The molecule has 0 saturated carbocycles. The second kappa shape index (κ2) is 23.4. The zero-order chi connectivity index (χ0) is 50.7. The van der Waals surface area contributed by atoms with Crippen LogP contribution in [-0.4, -0.2) is 47.4 Å². The van der Waals surface area contributed by atoms with E-state index in [9.17, 15) is 43.2 Å². The third-order valence-corrected chi connectivity index (χ3v) is 12.9. The van der Waals surface area contributed by atoms with Gasteiger partial charge in [0.2, 0.25) is 20.0 Å². The number of phenolic OH excluding ortho intramolecular Hbond substituents is 1. The topological polar surface area (TPSA) is 193 Å². The number of fused-ring (bicyclic) bond motifs is 2. The summed E-state index contributed by atoms with van der Waals surface area (Å²) in [5.41, 5.74) is 3.34. The first-order valence-corrected chi connectivity index (χ1v) is 24.1. The molecule has 2 aromatic heterocycles. The second-order valence-corrected chi connectivity index (χ2v) is 20.4. The molecule has 0 fully saturated rings. The third-order valence-electron chi connectivity index (χ3n) is 9.88. The van der Waals surface area contributed by atoms with Crippen molar-refractivity contribution in [3.63, 3.8) is 0 Å². The van der Waals surface area contributed by atoms with Crippen LogP contribution in [0.4, 0.5) is 26.3 Å². The van der Waals surface area contributed by atoms with E-state index in [0.717, 1.165) is 53.0 Å². The van der Waals surface area contributed by atoms with Gasteiger partial charge < -0.3 is 19.8 Å². The predicted octanol–water partition coefficient (Wildman–Crippen LogP) is 14.0. The standard InChI is InChI=1S/C22H18F3N3O3S.C19H22ClN3O2S.C7H5F3O.3CH4/c1-13(31-16-9-7-15(8-10-16)22(23,24)25)21-27-18-11-6-14(12-19(18)28-21)17-4-2-3-5-20(17)32(26,29)30;1-12(20)18-21-15-10-9-13(11-16(15)22-18)14-7-5-6-8-17(14)26(24,25)23-19(2,3)4;8-7(9,10)5-1-3-6(11)4-2-5;;;/h2-13H,1H3,(H,27,28)(H2,26,29,30);5-12,23H,1-4H3,(H,21,22);1-4,11H;3*1H4. The maximum absolute atomic E-state index is 12.9. The summed E-state index contributed by atoms with van der Waals surface area (Å²) in [6, 6.07) is 32.3. The number of phenols is 1. The van der Waals surface area contributed by atoms with Gasteiger partial charge in [-0.3, -0.25) is 0 Å². The highest BCUT2D eigenvalue weighted by molar-refractivity contribution is 7.89. The highest BCUT2D eigenvalue weighted by atomic mass is 35.5. The Hall–Kier alpha value is -6.45. The van der Waals surface area contributed by atoms with Crippen LogP contribution in [-0.2, 0) is 32.4 Å². The molecule has 0 aliphatic heterocycles. The number of nitrogens with one attached hydrogen (secondary N) is 3. The molecule has 0 amide bonds. The predicted molar refractivity (Wildman–Crippen MR) is 273 cm³/mol. The van der Waals surface area contributed by atoms with Gasteiger partial charge in [0.05, 0.1) is 48.4 Å². The number of nitrogens with two attached hydrogens (primary N) is 1. The number of H-pyrrole nitrogens is 2. The molecule has 0 aliphatic rings. The summed E-state index contributed by atoms with van der Waals surface area (Å²) in [6.07, 6.45) is -9.31. The van der Waals surface area contributed by atoms with Crippen molar-refractivity contribution in [1.82, 2.24) is 24.7 Å². The minimum Gasteiger partial charge on any atom is -0.508 e. The van der Waals surface area contributed by atoms with Gasteiger partial charge in [0.1, 0.15) is 23.1 Å². The molecule has 0 radical (unpaired) electrons. The van der Waals surface area contributed by atoms with Gasteiger partial charge in [-0.25, -0.2) is 36.7 Å². The number of hydrogen-bond acceptors (Lipinski definition) is 8. The van der Waals surface area contributed by atoms with Crippen LogP contribution in [0.2, 0.25) is 0 Å². The number of aromatic nitrogens is 4. The molecule has 0 saturated heterocycles. The SMILES string of the molecule is C.C.C.CC(Cl)c1nc2ccc(-c3ccccc3S(=O)(=O)NC(C)(C)C)cc2[nH]1.CC(Oc1ccc(C(F)(F)F)cc1)c1nc2ccc(-c3ccccc3S(N)(=O)=O)cc2[nH]1.Oc1ccc(C(F)(F)F)cc1. The molecule has 6 aromatic carbocycles. The Morgan fingerprint density at radius 2 is 1.04 bits per heavy atom. The molecule has 8 rings (SSSR count). The van der Waals surface area contributed by atoms with Gasteiger partial charge in [-0.15, -0.1) is 11.6 Å². The average molecular weight is 1060 g/mol. The number of sulfonamides is 2. The number of primary sulfonamides is 1. The number of aromatic amines is 2. The first-order chi connectivity index (χ1) is 32.1. The minimum absolute atomic E-state index is 0. The Bertz CT molecular complexity index is 3300. The van der Waals surface area contributed by atoms with Crippen LogP contribution in [0.25, 0.3) is 44.3 Å². The van der Waals surface area contributed by atoms with Crippen molar-refractivity contribution in [2.24, 2.45) is 5.14 Å². The van der Waals surface area contributed by atoms with E-state index in [0.29, 0.717) is 39.4 Å². The molecular formula is C51H57ClF6N6O6S2. The summed E-state index contributed by atoms with van der Waals surface area (Å²) in [5.74, 6) is 1.26. The van der Waals surface area contributed by atoms with Gasteiger partial charge in [0.25, 0.3) is 0 Å². The highest BCUT2D eigenvalue weighted by Gasteiger charge is 2.31. The van der Waals surface area contributed by atoms with Gasteiger partial charge >= 0.3 is 12.4 Å². The largest absolute Gasteiger partial charge is 0.508 e. The Kier molecular flexibility index (Phi) is 19.5. The fraction of sp³-hybridized carbons (Fsp3) is 0.255. The molecule has 2 heterocycles. The monoisotopic (exact) mass is 1060 g/mol. The number of halogens is 7. The van der Waals surface area contributed by atoms with Gasteiger partial charge in [0, 0.05) is 16.7 Å². The van der Waals surface area contributed by atoms with Crippen molar-refractivity contribution in [3.8, 4) is 33.8 Å². The number of nitrogens with zero attached hydrogens (tertiary/aromatic N) is 2. The number of ether oxygens (including phenoxy) is 1. The summed E-state index contributed by atoms with van der Waals surface area (Å²) in [7, 11) is -7.56. The lowest BCUT2D eigenvalue weighted by atomic mass is 10.1. The molecule has 0 aliphatic carbocycles. The van der Waals surface area contributed by atoms with Crippen molar-refractivity contribution in [2.75, 3.05) is 0 Å². The van der Waals surface area contributed by atoms with Gasteiger partial charge in [-0.2, -0.15) is 26.3 Å². The van der Waals surface area contributed by atoms with Crippen LogP contribution in [0.5, 0.6) is 11.5 Å². The van der Waals surface area contributed by atoms with Gasteiger partial charge in [-0.1, -0.05) is 70.8 Å².